The van der Waals surface area contributed by atoms with Gasteiger partial charge in [-0.15, -0.1) is 0 Å². The van der Waals surface area contributed by atoms with Crippen molar-refractivity contribution in [3.05, 3.63) is 35.9 Å². The van der Waals surface area contributed by atoms with E-state index in [4.69, 9.17) is 0 Å². The minimum atomic E-state index is -0.988. The summed E-state index contributed by atoms with van der Waals surface area (Å²) < 4.78 is 0.349. The van der Waals surface area contributed by atoms with Gasteiger partial charge in [0.15, 0.2) is 0 Å². The SMILES string of the molecule is CC(c1ccccc1)C(CSC12CC3CC(CC(C3)C1)C2)C(=O)N[C@@H](C)C(=O)O. The molecule has 3 atom stereocenters. The third-order valence-electron chi connectivity index (χ3n) is 7.55. The standard InChI is InChI=1S/C24H33NO3S/c1-15(20-6-4-3-5-7-20)21(22(26)25-16(2)23(27)28)14-29-24-11-17-8-18(12-24)10-19(9-17)13-24/h3-7,15-19,21H,8-14H2,1-2H3,(H,25,26)(H,27,28)/t15?,16-,17?,18?,19?,21?,24?/m0/s1. The summed E-state index contributed by atoms with van der Waals surface area (Å²) in [6, 6.07) is 9.28. The van der Waals surface area contributed by atoms with Crippen molar-refractivity contribution >= 4 is 23.6 Å². The van der Waals surface area contributed by atoms with Crippen molar-refractivity contribution < 1.29 is 14.7 Å². The van der Waals surface area contributed by atoms with Crippen LogP contribution in [0.1, 0.15) is 63.9 Å². The molecule has 0 spiro atoms. The number of thioether (sulfide) groups is 1. The van der Waals surface area contributed by atoms with Gasteiger partial charge < -0.3 is 10.4 Å². The van der Waals surface area contributed by atoms with Crippen LogP contribution in [-0.4, -0.2) is 33.5 Å². The maximum absolute atomic E-state index is 13.1. The number of nitrogens with one attached hydrogen (secondary N) is 1. The predicted octanol–water partition coefficient (Wildman–Crippen LogP) is 4.70. The van der Waals surface area contributed by atoms with Crippen molar-refractivity contribution in [1.82, 2.24) is 5.32 Å². The van der Waals surface area contributed by atoms with E-state index in [1.165, 1.54) is 45.4 Å². The van der Waals surface area contributed by atoms with E-state index in [1.54, 1.807) is 0 Å². The summed E-state index contributed by atoms with van der Waals surface area (Å²) in [7, 11) is 0. The van der Waals surface area contributed by atoms with Crippen LogP contribution in [0, 0.1) is 23.7 Å². The molecule has 4 nitrogen and oxygen atoms in total. The van der Waals surface area contributed by atoms with E-state index in [1.807, 2.05) is 30.0 Å². The van der Waals surface area contributed by atoms with Gasteiger partial charge in [0, 0.05) is 10.5 Å². The highest BCUT2D eigenvalue weighted by atomic mass is 32.2. The fourth-order valence-corrected chi connectivity index (χ4v) is 8.33. The highest BCUT2D eigenvalue weighted by Gasteiger charge is 2.51. The van der Waals surface area contributed by atoms with Gasteiger partial charge in [0.25, 0.3) is 0 Å². The van der Waals surface area contributed by atoms with Crippen molar-refractivity contribution in [3.63, 3.8) is 0 Å². The molecule has 4 fully saturated rings. The van der Waals surface area contributed by atoms with E-state index in [9.17, 15) is 14.7 Å². The molecule has 4 aliphatic carbocycles. The number of amides is 1. The molecule has 1 aromatic rings. The zero-order chi connectivity index (χ0) is 20.6. The molecule has 4 aliphatic rings. The Hall–Kier alpha value is -1.49. The van der Waals surface area contributed by atoms with E-state index in [-0.39, 0.29) is 17.7 Å². The fraction of sp³-hybridized carbons (Fsp3) is 0.667. The summed E-state index contributed by atoms with van der Waals surface area (Å²) in [6.07, 6.45) is 8.18. The number of benzene rings is 1. The lowest BCUT2D eigenvalue weighted by Crippen LogP contribution is -2.49. The van der Waals surface area contributed by atoms with Gasteiger partial charge in [-0.2, -0.15) is 11.8 Å². The Kier molecular flexibility index (Phi) is 5.97. The number of hydrogen-bond acceptors (Lipinski definition) is 3. The molecule has 5 rings (SSSR count). The number of hydrogen-bond donors (Lipinski definition) is 2. The molecule has 1 amide bonds. The lowest BCUT2D eigenvalue weighted by Gasteiger charge is -2.56. The summed E-state index contributed by atoms with van der Waals surface area (Å²) in [4.78, 5) is 24.4. The topological polar surface area (TPSA) is 66.4 Å². The van der Waals surface area contributed by atoms with Gasteiger partial charge in [0.05, 0.1) is 5.92 Å². The van der Waals surface area contributed by atoms with Gasteiger partial charge in [-0.05, 0) is 74.7 Å². The molecule has 5 heteroatoms. The third kappa shape index (κ3) is 4.50. The maximum Gasteiger partial charge on any atom is 0.325 e. The predicted molar refractivity (Wildman–Crippen MR) is 117 cm³/mol. The quantitative estimate of drug-likeness (QED) is 0.646. The van der Waals surface area contributed by atoms with Crippen LogP contribution in [0.2, 0.25) is 0 Å². The Balaban J connectivity index is 1.49. The minimum absolute atomic E-state index is 0.0543. The first-order chi connectivity index (χ1) is 13.8. The van der Waals surface area contributed by atoms with Gasteiger partial charge >= 0.3 is 5.97 Å². The number of carboxylic acid groups (broad SMARTS) is 1. The molecule has 4 saturated carbocycles. The second-order valence-electron chi connectivity index (χ2n) is 9.79. The van der Waals surface area contributed by atoms with E-state index in [0.717, 1.165) is 29.1 Å². The number of carbonyl (C=O) groups excluding carboxylic acids is 1. The lowest BCUT2D eigenvalue weighted by molar-refractivity contribution is -0.141. The van der Waals surface area contributed by atoms with E-state index in [2.05, 4.69) is 24.4 Å². The van der Waals surface area contributed by atoms with Crippen LogP contribution in [0.3, 0.4) is 0 Å². The van der Waals surface area contributed by atoms with Crippen molar-refractivity contribution in [1.29, 1.82) is 0 Å². The van der Waals surface area contributed by atoms with Crippen molar-refractivity contribution in [3.8, 4) is 0 Å². The molecule has 2 N–H and O–H groups in total. The third-order valence-corrected chi connectivity index (χ3v) is 9.18. The second kappa shape index (κ2) is 8.33. The monoisotopic (exact) mass is 415 g/mol. The molecule has 1 aromatic carbocycles. The zero-order valence-corrected chi connectivity index (χ0v) is 18.3. The summed E-state index contributed by atoms with van der Waals surface area (Å²) in [5.74, 6) is 2.14. The second-order valence-corrected chi connectivity index (χ2v) is 11.3. The average molecular weight is 416 g/mol. The van der Waals surface area contributed by atoms with Gasteiger partial charge in [0.2, 0.25) is 5.91 Å². The molecular weight excluding hydrogens is 382 g/mol. The maximum atomic E-state index is 13.1. The first-order valence-electron chi connectivity index (χ1n) is 11.1. The van der Waals surface area contributed by atoms with Gasteiger partial charge in [-0.3, -0.25) is 9.59 Å². The van der Waals surface area contributed by atoms with Crippen molar-refractivity contribution in [2.45, 2.75) is 69.1 Å². The fourth-order valence-electron chi connectivity index (χ4n) is 6.29. The molecule has 0 heterocycles. The molecular formula is C24H33NO3S. The van der Waals surface area contributed by atoms with Crippen LogP contribution < -0.4 is 5.32 Å². The van der Waals surface area contributed by atoms with Gasteiger partial charge in [-0.25, -0.2) is 0 Å². The molecule has 0 radical (unpaired) electrons. The molecule has 0 saturated heterocycles. The zero-order valence-electron chi connectivity index (χ0n) is 17.5. The molecule has 0 aliphatic heterocycles. The van der Waals surface area contributed by atoms with Gasteiger partial charge in [-0.1, -0.05) is 37.3 Å². The Bertz CT molecular complexity index is 714. The summed E-state index contributed by atoms with van der Waals surface area (Å²) in [5.41, 5.74) is 1.14. The Morgan fingerprint density at radius 3 is 2.14 bits per heavy atom. The van der Waals surface area contributed by atoms with Crippen LogP contribution >= 0.6 is 11.8 Å². The van der Waals surface area contributed by atoms with Crippen molar-refractivity contribution in [2.75, 3.05) is 5.75 Å². The Morgan fingerprint density at radius 2 is 1.62 bits per heavy atom. The van der Waals surface area contributed by atoms with E-state index >= 15 is 0 Å². The number of carbonyl (C=O) groups is 2. The first kappa shape index (κ1) is 20.8. The minimum Gasteiger partial charge on any atom is -0.480 e. The van der Waals surface area contributed by atoms with Gasteiger partial charge in [0.1, 0.15) is 6.04 Å². The number of aliphatic carboxylic acids is 1. The largest absolute Gasteiger partial charge is 0.480 e. The van der Waals surface area contributed by atoms with E-state index < -0.39 is 12.0 Å². The highest BCUT2D eigenvalue weighted by molar-refractivity contribution is 8.00. The van der Waals surface area contributed by atoms with Crippen LogP contribution in [0.15, 0.2) is 30.3 Å². The average Bonchev–Trinajstić information content (AvgIpc) is 2.67. The molecule has 4 bridgehead atoms. The summed E-state index contributed by atoms with van der Waals surface area (Å²) in [6.45, 7) is 3.64. The van der Waals surface area contributed by atoms with Crippen LogP contribution in [0.5, 0.6) is 0 Å². The lowest BCUT2D eigenvalue weighted by atomic mass is 9.56. The summed E-state index contributed by atoms with van der Waals surface area (Å²) in [5, 5.41) is 12.0. The number of rotatable bonds is 8. The molecule has 29 heavy (non-hydrogen) atoms. The Labute approximate surface area is 178 Å². The van der Waals surface area contributed by atoms with Crippen molar-refractivity contribution in [2.24, 2.45) is 23.7 Å². The van der Waals surface area contributed by atoms with Crippen LogP contribution in [0.25, 0.3) is 0 Å². The number of carboxylic acids is 1. The Morgan fingerprint density at radius 1 is 1.07 bits per heavy atom. The van der Waals surface area contributed by atoms with Crippen LogP contribution in [0.4, 0.5) is 0 Å². The van der Waals surface area contributed by atoms with Crippen LogP contribution in [-0.2, 0) is 9.59 Å². The molecule has 2 unspecified atom stereocenters. The normalized spacial score (nSPS) is 33.1. The molecule has 0 aromatic heterocycles. The molecule has 158 valence electrons. The highest BCUT2D eigenvalue weighted by Crippen LogP contribution is 2.61. The first-order valence-corrected chi connectivity index (χ1v) is 12.1. The smallest absolute Gasteiger partial charge is 0.325 e. The summed E-state index contributed by atoms with van der Waals surface area (Å²) >= 11 is 2.02. The van der Waals surface area contributed by atoms with E-state index in [0.29, 0.717) is 4.75 Å².